The van der Waals surface area contributed by atoms with E-state index in [1.54, 1.807) is 4.90 Å². The van der Waals surface area contributed by atoms with Crippen molar-refractivity contribution in [2.24, 2.45) is 4.99 Å². The van der Waals surface area contributed by atoms with Gasteiger partial charge in [0, 0.05) is 36.8 Å². The molecule has 0 radical (unpaired) electrons. The molecule has 0 spiro atoms. The summed E-state index contributed by atoms with van der Waals surface area (Å²) in [5, 5.41) is 11.3. The summed E-state index contributed by atoms with van der Waals surface area (Å²) >= 11 is 0. The van der Waals surface area contributed by atoms with Crippen LogP contribution in [0.15, 0.2) is 114 Å². The Balaban J connectivity index is 0.922. The second kappa shape index (κ2) is 14.7. The van der Waals surface area contributed by atoms with Crippen LogP contribution in [0.3, 0.4) is 0 Å². The predicted molar refractivity (Wildman–Crippen MR) is 209 cm³/mol. The molecule has 9 nitrogen and oxygen atoms in total. The number of nitrogens with zero attached hydrogens (tertiary/aromatic N) is 4. The number of aromatic nitrogens is 2. The lowest BCUT2D eigenvalue weighted by Gasteiger charge is -2.28. The number of fused-ring (bicyclic) bond motifs is 1. The quantitative estimate of drug-likeness (QED) is 0.162. The number of hydrogen-bond donors (Lipinski definition) is 2. The first-order valence-electron chi connectivity index (χ1n) is 18.7. The first-order chi connectivity index (χ1) is 25.9. The zero-order valence-electron chi connectivity index (χ0n) is 30.2. The highest BCUT2D eigenvalue weighted by Crippen LogP contribution is 2.34. The number of amides is 3. The van der Waals surface area contributed by atoms with Crippen molar-refractivity contribution in [1.29, 1.82) is 0 Å². The number of benzene rings is 4. The third-order valence-electron chi connectivity index (χ3n) is 11.3. The van der Waals surface area contributed by atoms with E-state index >= 15 is 0 Å². The van der Waals surface area contributed by atoms with Gasteiger partial charge in [-0.25, -0.2) is 0 Å². The SMILES string of the molecule is CC(C(=O)N1CCC[C@H]1C1=NC=C(c2ccc(-c3ccc4[nH]nc(NC(=O)[C@@H]5CCCN5C(=O)[C@H](C)c5ccccc5)c4c3)cc2)C1)c1ccccc1. The molecular formula is C44H44N6O3. The number of H-pyrrole nitrogens is 1. The van der Waals surface area contributed by atoms with Crippen molar-refractivity contribution >= 4 is 45.7 Å². The number of anilines is 1. The van der Waals surface area contributed by atoms with Gasteiger partial charge in [0.25, 0.3) is 0 Å². The van der Waals surface area contributed by atoms with Crippen molar-refractivity contribution in [1.82, 2.24) is 20.0 Å². The molecule has 9 heteroatoms. The van der Waals surface area contributed by atoms with Crippen LogP contribution in [0.25, 0.3) is 27.6 Å². The summed E-state index contributed by atoms with van der Waals surface area (Å²) in [6.07, 6.45) is 6.01. The van der Waals surface area contributed by atoms with Crippen LogP contribution in [-0.2, 0) is 14.4 Å². The Morgan fingerprint density at radius 3 is 2.04 bits per heavy atom. The molecule has 5 aromatic rings. The maximum absolute atomic E-state index is 13.6. The largest absolute Gasteiger partial charge is 0.334 e. The van der Waals surface area contributed by atoms with E-state index in [9.17, 15) is 14.4 Å². The minimum atomic E-state index is -0.541. The fourth-order valence-electron chi connectivity index (χ4n) is 8.14. The van der Waals surface area contributed by atoms with E-state index in [1.165, 1.54) is 0 Å². The lowest BCUT2D eigenvalue weighted by molar-refractivity contribution is -0.137. The van der Waals surface area contributed by atoms with Crippen LogP contribution in [0.2, 0.25) is 0 Å². The van der Waals surface area contributed by atoms with Crippen molar-refractivity contribution in [2.45, 2.75) is 69.9 Å². The number of hydrogen-bond acceptors (Lipinski definition) is 5. The monoisotopic (exact) mass is 704 g/mol. The van der Waals surface area contributed by atoms with Crippen LogP contribution in [0.1, 0.15) is 74.5 Å². The molecule has 2 fully saturated rings. The summed E-state index contributed by atoms with van der Waals surface area (Å²) < 4.78 is 0. The Bertz CT molecular complexity index is 2210. The first-order valence-corrected chi connectivity index (χ1v) is 18.7. The molecule has 1 unspecified atom stereocenters. The minimum absolute atomic E-state index is 0.0353. The van der Waals surface area contributed by atoms with E-state index in [-0.39, 0.29) is 35.6 Å². The molecule has 3 aliphatic rings. The van der Waals surface area contributed by atoms with Gasteiger partial charge in [0.1, 0.15) is 6.04 Å². The summed E-state index contributed by atoms with van der Waals surface area (Å²) in [5.74, 6) is -0.146. The van der Waals surface area contributed by atoms with Crippen molar-refractivity contribution in [3.05, 3.63) is 126 Å². The fraction of sp³-hybridized carbons (Fsp3) is 0.295. The number of nitrogens with one attached hydrogen (secondary N) is 2. The van der Waals surface area contributed by atoms with E-state index in [2.05, 4.69) is 39.8 Å². The molecule has 2 saturated heterocycles. The Kier molecular flexibility index (Phi) is 9.48. The molecule has 3 amide bonds. The fourth-order valence-corrected chi connectivity index (χ4v) is 8.14. The summed E-state index contributed by atoms with van der Waals surface area (Å²) in [6, 6.07) is 33.7. The maximum atomic E-state index is 13.6. The molecule has 3 aliphatic heterocycles. The van der Waals surface area contributed by atoms with Crippen LogP contribution in [-0.4, -0.2) is 68.6 Å². The third kappa shape index (κ3) is 6.79. The minimum Gasteiger partial charge on any atom is -0.334 e. The standard InChI is InChI=1S/C44H44N6O3/c1-28(30-11-5-3-6-12-30)43(52)49-23-9-15-39(49)38-26-35(27-45-38)33-19-17-32(18-20-33)34-21-22-37-36(25-34)41(48-47-37)46-42(51)40-16-10-24-50(40)44(53)29(2)31-13-7-4-8-14-31/h3-8,11-14,17-22,25,27-29,39-40H,9-10,15-16,23-24,26H2,1-2H3,(H2,46,47,48,51)/t28?,29-,39+,40+/m1/s1. The Morgan fingerprint density at radius 1 is 0.736 bits per heavy atom. The van der Waals surface area contributed by atoms with Crippen LogP contribution in [0.5, 0.6) is 0 Å². The number of carbonyl (C=O) groups excluding carboxylic acids is 3. The molecule has 4 atom stereocenters. The smallest absolute Gasteiger partial charge is 0.248 e. The zero-order valence-corrected chi connectivity index (χ0v) is 30.2. The van der Waals surface area contributed by atoms with Gasteiger partial charge in [0.2, 0.25) is 17.7 Å². The molecule has 4 heterocycles. The average molecular weight is 705 g/mol. The van der Waals surface area contributed by atoms with Gasteiger partial charge in [0.05, 0.1) is 23.4 Å². The van der Waals surface area contributed by atoms with Crippen LogP contribution < -0.4 is 5.32 Å². The van der Waals surface area contributed by atoms with E-state index in [1.807, 2.05) is 104 Å². The highest BCUT2D eigenvalue weighted by Gasteiger charge is 2.37. The number of carbonyl (C=O) groups is 3. The van der Waals surface area contributed by atoms with Gasteiger partial charge in [-0.3, -0.25) is 24.5 Å². The van der Waals surface area contributed by atoms with Gasteiger partial charge >= 0.3 is 0 Å². The number of rotatable bonds is 9. The average Bonchev–Trinajstić information content (AvgIpc) is 4.05. The van der Waals surface area contributed by atoms with Crippen LogP contribution >= 0.6 is 0 Å². The molecule has 0 saturated carbocycles. The summed E-state index contributed by atoms with van der Waals surface area (Å²) in [5.41, 5.74) is 8.16. The van der Waals surface area contributed by atoms with Crippen molar-refractivity contribution in [3.63, 3.8) is 0 Å². The summed E-state index contributed by atoms with van der Waals surface area (Å²) in [4.78, 5) is 49.2. The predicted octanol–water partition coefficient (Wildman–Crippen LogP) is 7.94. The molecular weight excluding hydrogens is 661 g/mol. The topological polar surface area (TPSA) is 111 Å². The highest BCUT2D eigenvalue weighted by atomic mass is 16.2. The van der Waals surface area contributed by atoms with Gasteiger partial charge < -0.3 is 15.1 Å². The van der Waals surface area contributed by atoms with Gasteiger partial charge in [-0.2, -0.15) is 5.10 Å². The normalized spacial score (nSPS) is 19.6. The van der Waals surface area contributed by atoms with Crippen molar-refractivity contribution in [2.75, 3.05) is 18.4 Å². The number of allylic oxidation sites excluding steroid dienone is 1. The highest BCUT2D eigenvalue weighted by molar-refractivity contribution is 6.05. The van der Waals surface area contributed by atoms with E-state index in [0.717, 1.165) is 82.2 Å². The molecule has 1 aromatic heterocycles. The molecule has 8 rings (SSSR count). The van der Waals surface area contributed by atoms with E-state index in [0.29, 0.717) is 18.8 Å². The molecule has 268 valence electrons. The van der Waals surface area contributed by atoms with Crippen molar-refractivity contribution < 1.29 is 14.4 Å². The van der Waals surface area contributed by atoms with E-state index in [4.69, 9.17) is 4.99 Å². The molecule has 0 bridgehead atoms. The van der Waals surface area contributed by atoms with Crippen LogP contribution in [0.4, 0.5) is 5.82 Å². The Morgan fingerprint density at radius 2 is 1.34 bits per heavy atom. The lowest BCUT2D eigenvalue weighted by Crippen LogP contribution is -2.44. The Labute approximate surface area is 309 Å². The van der Waals surface area contributed by atoms with Gasteiger partial charge in [-0.05, 0) is 85.1 Å². The lowest BCUT2D eigenvalue weighted by atomic mass is 9.95. The van der Waals surface area contributed by atoms with Gasteiger partial charge in [-0.15, -0.1) is 0 Å². The zero-order chi connectivity index (χ0) is 36.5. The van der Waals surface area contributed by atoms with E-state index < -0.39 is 6.04 Å². The number of likely N-dealkylation sites (tertiary alicyclic amines) is 2. The first kappa shape index (κ1) is 34.3. The Hall–Kier alpha value is -5.83. The molecule has 4 aromatic carbocycles. The molecule has 0 aliphatic carbocycles. The summed E-state index contributed by atoms with van der Waals surface area (Å²) in [6.45, 7) is 5.23. The second-order valence-electron chi connectivity index (χ2n) is 14.5. The summed E-state index contributed by atoms with van der Waals surface area (Å²) in [7, 11) is 0. The third-order valence-corrected chi connectivity index (χ3v) is 11.3. The van der Waals surface area contributed by atoms with Crippen LogP contribution in [0, 0.1) is 0 Å². The molecule has 53 heavy (non-hydrogen) atoms. The van der Waals surface area contributed by atoms with Crippen molar-refractivity contribution in [3.8, 4) is 11.1 Å². The molecule has 2 N–H and O–H groups in total. The number of aromatic amines is 1. The maximum Gasteiger partial charge on any atom is 0.248 e. The number of aliphatic imine (C=N–C) groups is 1. The van der Waals surface area contributed by atoms with Gasteiger partial charge in [-0.1, -0.05) is 91.0 Å². The van der Waals surface area contributed by atoms with Gasteiger partial charge in [0.15, 0.2) is 5.82 Å². The second-order valence-corrected chi connectivity index (χ2v) is 14.5.